The summed E-state index contributed by atoms with van der Waals surface area (Å²) in [5, 5.41) is 2.18. The number of aromatic nitrogens is 1. The molecule has 0 aliphatic rings. The van der Waals surface area contributed by atoms with Gasteiger partial charge in [-0.2, -0.15) is 0 Å². The number of rotatable bonds is 3. The Morgan fingerprint density at radius 2 is 1.86 bits per heavy atom. The van der Waals surface area contributed by atoms with Gasteiger partial charge in [-0.25, -0.2) is 13.2 Å². The van der Waals surface area contributed by atoms with Crippen molar-refractivity contribution in [3.8, 4) is 23.0 Å². The molecule has 0 aliphatic carbocycles. The molecule has 2 aromatic carbocycles. The molecule has 8 heteroatoms. The van der Waals surface area contributed by atoms with Gasteiger partial charge in [-0.1, -0.05) is 18.1 Å². The number of nitrogens with one attached hydrogen (secondary N) is 2. The molecule has 0 fully saturated rings. The van der Waals surface area contributed by atoms with Crippen molar-refractivity contribution in [2.45, 2.75) is 13.8 Å². The summed E-state index contributed by atoms with van der Waals surface area (Å²) in [4.78, 5) is 25.8. The maximum Gasteiger partial charge on any atom is 0.300 e. The van der Waals surface area contributed by atoms with Crippen LogP contribution in [0.5, 0.6) is 0 Å². The van der Waals surface area contributed by atoms with Crippen LogP contribution in [0.4, 0.5) is 18.9 Å². The quantitative estimate of drug-likeness (QED) is 0.602. The molecule has 0 saturated carbocycles. The molecule has 0 atom stereocenters. The molecule has 3 rings (SSSR count). The van der Waals surface area contributed by atoms with Gasteiger partial charge >= 0.3 is 0 Å². The summed E-state index contributed by atoms with van der Waals surface area (Å²) in [5.74, 6) is -0.843. The highest BCUT2D eigenvalue weighted by Crippen LogP contribution is 2.38. The summed E-state index contributed by atoms with van der Waals surface area (Å²) in [5.41, 5.74) is 4.11. The zero-order valence-electron chi connectivity index (χ0n) is 14.8. The Bertz CT molecular complexity index is 1200. The van der Waals surface area contributed by atoms with Gasteiger partial charge < -0.3 is 16.0 Å². The Labute approximate surface area is 157 Å². The van der Waals surface area contributed by atoms with Crippen molar-refractivity contribution >= 4 is 28.4 Å². The fourth-order valence-corrected chi connectivity index (χ4v) is 2.99. The number of H-pyrrole nitrogens is 1. The van der Waals surface area contributed by atoms with E-state index in [4.69, 9.17) is 5.73 Å². The number of hydrogen-bond donors (Lipinski definition) is 3. The zero-order valence-corrected chi connectivity index (χ0v) is 14.8. The van der Waals surface area contributed by atoms with Crippen LogP contribution < -0.4 is 11.1 Å². The van der Waals surface area contributed by atoms with E-state index >= 15 is 0 Å². The van der Waals surface area contributed by atoms with Crippen LogP contribution in [0.15, 0.2) is 24.3 Å². The van der Waals surface area contributed by atoms with Crippen molar-refractivity contribution in [1.29, 1.82) is 0 Å². The molecule has 0 aliphatic heterocycles. The topological polar surface area (TPSA) is 88.0 Å². The first-order valence-electron chi connectivity index (χ1n) is 8.09. The summed E-state index contributed by atoms with van der Waals surface area (Å²) in [6.45, 7) is 2.85. The lowest BCUT2D eigenvalue weighted by atomic mass is 9.96. The second-order valence-electron chi connectivity index (χ2n) is 5.97. The summed E-state index contributed by atoms with van der Waals surface area (Å²) in [6, 6.07) is 5.76. The second-order valence-corrected chi connectivity index (χ2v) is 5.97. The lowest BCUT2D eigenvalue weighted by Gasteiger charge is -2.11. The SMILES string of the molecule is CC#CC(=O)Nc1cccc(-c2c(F)c(F)c(C(N)=O)c3[nH]c(C)c(F)c23)c1. The standard InChI is InChI=1S/C20H14F3N3O2/c1-3-5-12(27)26-11-7-4-6-10(8-11)13-14-16(21)9(2)25-19(14)15(20(24)28)18(23)17(13)22/h4,6-8,25H,1-2H3,(H2,24,28)(H,26,27). The second kappa shape index (κ2) is 7.12. The number of fused-ring (bicyclic) bond motifs is 1. The lowest BCUT2D eigenvalue weighted by molar-refractivity contribution is -0.111. The Morgan fingerprint density at radius 3 is 2.50 bits per heavy atom. The molecule has 2 amide bonds. The third-order valence-corrected chi connectivity index (χ3v) is 4.14. The van der Waals surface area contributed by atoms with E-state index in [1.54, 1.807) is 0 Å². The van der Waals surface area contributed by atoms with Gasteiger partial charge in [0.2, 0.25) is 0 Å². The molecule has 5 nitrogen and oxygen atoms in total. The van der Waals surface area contributed by atoms with Crippen molar-refractivity contribution in [2.24, 2.45) is 5.73 Å². The van der Waals surface area contributed by atoms with Crippen molar-refractivity contribution in [2.75, 3.05) is 5.32 Å². The maximum absolute atomic E-state index is 14.9. The van der Waals surface area contributed by atoms with Gasteiger partial charge in [-0.05, 0) is 37.5 Å². The van der Waals surface area contributed by atoms with E-state index in [9.17, 15) is 22.8 Å². The molecule has 4 N–H and O–H groups in total. The maximum atomic E-state index is 14.9. The van der Waals surface area contributed by atoms with Crippen LogP contribution >= 0.6 is 0 Å². The predicted octanol–water partition coefficient (Wildman–Crippen LogP) is 3.62. The number of nitrogens with two attached hydrogens (primary N) is 1. The summed E-state index contributed by atoms with van der Waals surface area (Å²) < 4.78 is 44.2. The van der Waals surface area contributed by atoms with E-state index < -0.39 is 40.4 Å². The van der Waals surface area contributed by atoms with Crippen LogP contribution in [-0.4, -0.2) is 16.8 Å². The van der Waals surface area contributed by atoms with Crippen LogP contribution in [0.2, 0.25) is 0 Å². The molecular weight excluding hydrogens is 371 g/mol. The lowest BCUT2D eigenvalue weighted by Crippen LogP contribution is -2.15. The summed E-state index contributed by atoms with van der Waals surface area (Å²) in [6.07, 6.45) is 0. The first-order valence-corrected chi connectivity index (χ1v) is 8.09. The normalized spacial score (nSPS) is 10.5. The minimum Gasteiger partial charge on any atom is -0.365 e. The van der Waals surface area contributed by atoms with E-state index in [0.717, 1.165) is 0 Å². The smallest absolute Gasteiger partial charge is 0.300 e. The molecule has 0 spiro atoms. The number of benzene rings is 2. The molecule has 0 saturated heterocycles. The number of carbonyl (C=O) groups excluding carboxylic acids is 2. The van der Waals surface area contributed by atoms with Crippen LogP contribution in [0.1, 0.15) is 23.0 Å². The molecule has 3 aromatic rings. The molecule has 0 bridgehead atoms. The Kier molecular flexibility index (Phi) is 4.84. The number of primary amides is 1. The molecule has 142 valence electrons. The van der Waals surface area contributed by atoms with Gasteiger partial charge in [0.05, 0.1) is 5.52 Å². The molecule has 1 heterocycles. The van der Waals surface area contributed by atoms with Crippen LogP contribution in [-0.2, 0) is 4.79 Å². The van der Waals surface area contributed by atoms with E-state index in [0.29, 0.717) is 0 Å². The minimum atomic E-state index is -1.48. The van der Waals surface area contributed by atoms with E-state index in [-0.39, 0.29) is 27.8 Å². The first-order chi connectivity index (χ1) is 13.3. The van der Waals surface area contributed by atoms with E-state index in [2.05, 4.69) is 22.1 Å². The van der Waals surface area contributed by atoms with E-state index in [1.165, 1.54) is 38.1 Å². The van der Waals surface area contributed by atoms with Gasteiger partial charge in [0.1, 0.15) is 5.56 Å². The number of halogens is 3. The van der Waals surface area contributed by atoms with Gasteiger partial charge in [0.15, 0.2) is 17.5 Å². The van der Waals surface area contributed by atoms with Crippen LogP contribution in [0.25, 0.3) is 22.0 Å². The number of aromatic amines is 1. The highest BCUT2D eigenvalue weighted by Gasteiger charge is 2.28. The third kappa shape index (κ3) is 3.07. The summed E-state index contributed by atoms with van der Waals surface area (Å²) in [7, 11) is 0. The number of hydrogen-bond acceptors (Lipinski definition) is 2. The molecule has 0 unspecified atom stereocenters. The molecular formula is C20H14F3N3O2. The zero-order chi connectivity index (χ0) is 20.6. The van der Waals surface area contributed by atoms with Gasteiger partial charge in [0, 0.05) is 22.3 Å². The average Bonchev–Trinajstić information content (AvgIpc) is 2.91. The Morgan fingerprint density at radius 1 is 1.14 bits per heavy atom. The highest BCUT2D eigenvalue weighted by atomic mass is 19.2. The molecule has 0 radical (unpaired) electrons. The number of anilines is 1. The van der Waals surface area contributed by atoms with Crippen LogP contribution in [0, 0.1) is 36.2 Å². The molecule has 1 aromatic heterocycles. The van der Waals surface area contributed by atoms with Crippen molar-refractivity contribution < 1.29 is 22.8 Å². The van der Waals surface area contributed by atoms with Crippen molar-refractivity contribution in [3.63, 3.8) is 0 Å². The van der Waals surface area contributed by atoms with E-state index in [1.807, 2.05) is 0 Å². The van der Waals surface area contributed by atoms with Crippen molar-refractivity contribution in [1.82, 2.24) is 4.98 Å². The minimum absolute atomic E-state index is 0.00794. The predicted molar refractivity (Wildman–Crippen MR) is 98.9 cm³/mol. The van der Waals surface area contributed by atoms with Gasteiger partial charge in [-0.3, -0.25) is 9.59 Å². The Balaban J connectivity index is 2.31. The largest absolute Gasteiger partial charge is 0.365 e. The summed E-state index contributed by atoms with van der Waals surface area (Å²) >= 11 is 0. The third-order valence-electron chi connectivity index (χ3n) is 4.14. The first kappa shape index (κ1) is 19.0. The monoisotopic (exact) mass is 385 g/mol. The Hall–Kier alpha value is -3.73. The van der Waals surface area contributed by atoms with Crippen molar-refractivity contribution in [3.05, 3.63) is 53.0 Å². The average molecular weight is 385 g/mol. The highest BCUT2D eigenvalue weighted by molar-refractivity contribution is 6.10. The number of aryl methyl sites for hydroxylation is 1. The molecule has 28 heavy (non-hydrogen) atoms. The number of carbonyl (C=O) groups is 2. The number of amides is 2. The fourth-order valence-electron chi connectivity index (χ4n) is 2.99. The fraction of sp³-hybridized carbons (Fsp3) is 0.100. The van der Waals surface area contributed by atoms with Gasteiger partial charge in [0.25, 0.3) is 11.8 Å². The van der Waals surface area contributed by atoms with Crippen LogP contribution in [0.3, 0.4) is 0 Å². The van der Waals surface area contributed by atoms with Gasteiger partial charge in [-0.15, -0.1) is 0 Å².